The number of rotatable bonds is 4. The number of hydrogen-bond acceptors (Lipinski definition) is 0. The van der Waals surface area contributed by atoms with Gasteiger partial charge in [-0.2, -0.15) is 0 Å². The van der Waals surface area contributed by atoms with Crippen molar-refractivity contribution < 1.29 is 0 Å². The standard InChI is InChI=1S/C25H23/c1-3-18-16-21-15-14-19(4-2)25(24(21)17-18)23-13-9-8-12-22(23)20-10-6-5-7-11-20/h5-17H,3-4H2,1-2H3. The van der Waals surface area contributed by atoms with Gasteiger partial charge in [-0.25, -0.2) is 0 Å². The third-order valence-corrected chi connectivity index (χ3v) is 5.11. The van der Waals surface area contributed by atoms with E-state index in [0.29, 0.717) is 0 Å². The third-order valence-electron chi connectivity index (χ3n) is 5.11. The summed E-state index contributed by atoms with van der Waals surface area (Å²) in [7, 11) is 0. The molecule has 1 aliphatic rings. The second kappa shape index (κ2) is 6.72. The van der Waals surface area contributed by atoms with Gasteiger partial charge >= 0.3 is 0 Å². The molecule has 0 spiro atoms. The van der Waals surface area contributed by atoms with E-state index < -0.39 is 0 Å². The summed E-state index contributed by atoms with van der Waals surface area (Å²) in [6, 6.07) is 24.1. The van der Waals surface area contributed by atoms with Crippen LogP contribution in [0.1, 0.15) is 37.0 Å². The van der Waals surface area contributed by atoms with E-state index in [1.807, 2.05) is 0 Å². The van der Waals surface area contributed by atoms with Crippen LogP contribution in [-0.4, -0.2) is 0 Å². The SMILES string of the molecule is CCC1=Cc2c(ccc(CC)c2-c2ccccc2-c2ccccc2)[CH]1. The van der Waals surface area contributed by atoms with Gasteiger partial charge in [0.2, 0.25) is 0 Å². The summed E-state index contributed by atoms with van der Waals surface area (Å²) in [5.74, 6) is 0. The Morgan fingerprint density at radius 2 is 1.40 bits per heavy atom. The zero-order valence-corrected chi connectivity index (χ0v) is 14.9. The molecule has 0 aliphatic heterocycles. The molecule has 1 aliphatic carbocycles. The Labute approximate surface area is 150 Å². The van der Waals surface area contributed by atoms with Gasteiger partial charge in [0.15, 0.2) is 0 Å². The van der Waals surface area contributed by atoms with Gasteiger partial charge in [-0.05, 0) is 51.8 Å². The van der Waals surface area contributed by atoms with E-state index in [9.17, 15) is 0 Å². The van der Waals surface area contributed by atoms with Gasteiger partial charge in [0.1, 0.15) is 0 Å². The van der Waals surface area contributed by atoms with E-state index in [1.165, 1.54) is 44.5 Å². The first kappa shape index (κ1) is 15.9. The molecule has 0 amide bonds. The molecule has 0 heterocycles. The van der Waals surface area contributed by atoms with Gasteiger partial charge < -0.3 is 0 Å². The van der Waals surface area contributed by atoms with Crippen molar-refractivity contribution in [2.24, 2.45) is 0 Å². The highest BCUT2D eigenvalue weighted by molar-refractivity contribution is 5.92. The van der Waals surface area contributed by atoms with E-state index in [-0.39, 0.29) is 0 Å². The normalized spacial score (nSPS) is 12.8. The molecule has 4 rings (SSSR count). The Hall–Kier alpha value is -2.60. The largest absolute Gasteiger partial charge is 0.0622 e. The smallest absolute Gasteiger partial charge is 0.0164 e. The van der Waals surface area contributed by atoms with E-state index in [4.69, 9.17) is 0 Å². The van der Waals surface area contributed by atoms with Crippen molar-refractivity contribution in [2.75, 3.05) is 0 Å². The molecular weight excluding hydrogens is 300 g/mol. The summed E-state index contributed by atoms with van der Waals surface area (Å²) in [4.78, 5) is 0. The van der Waals surface area contributed by atoms with Crippen molar-refractivity contribution >= 4 is 6.08 Å². The van der Waals surface area contributed by atoms with Crippen LogP contribution in [0.25, 0.3) is 28.3 Å². The maximum atomic E-state index is 2.38. The van der Waals surface area contributed by atoms with Crippen LogP contribution < -0.4 is 0 Å². The molecule has 0 fully saturated rings. The Morgan fingerprint density at radius 3 is 2.12 bits per heavy atom. The van der Waals surface area contributed by atoms with Crippen molar-refractivity contribution in [1.29, 1.82) is 0 Å². The van der Waals surface area contributed by atoms with Crippen molar-refractivity contribution in [3.63, 3.8) is 0 Å². The van der Waals surface area contributed by atoms with Gasteiger partial charge in [0, 0.05) is 6.42 Å². The summed E-state index contributed by atoms with van der Waals surface area (Å²) in [6.45, 7) is 4.48. The molecule has 3 aromatic rings. The second-order valence-corrected chi connectivity index (χ2v) is 6.58. The van der Waals surface area contributed by atoms with Gasteiger partial charge in [-0.3, -0.25) is 0 Å². The molecule has 0 saturated carbocycles. The lowest BCUT2D eigenvalue weighted by atomic mass is 9.87. The quantitative estimate of drug-likeness (QED) is 0.487. The van der Waals surface area contributed by atoms with Crippen molar-refractivity contribution in [1.82, 2.24) is 0 Å². The number of allylic oxidation sites excluding steroid dienone is 1. The van der Waals surface area contributed by atoms with Crippen LogP contribution in [0.4, 0.5) is 0 Å². The van der Waals surface area contributed by atoms with Crippen LogP contribution in [0.5, 0.6) is 0 Å². The van der Waals surface area contributed by atoms with Crippen molar-refractivity contribution in [3.05, 3.63) is 95.4 Å². The Kier molecular flexibility index (Phi) is 4.28. The first-order chi connectivity index (χ1) is 12.3. The minimum atomic E-state index is 1.04. The van der Waals surface area contributed by atoms with Crippen LogP contribution >= 0.6 is 0 Å². The van der Waals surface area contributed by atoms with Crippen molar-refractivity contribution in [2.45, 2.75) is 26.7 Å². The molecular formula is C25H23. The zero-order chi connectivity index (χ0) is 17.2. The molecule has 0 atom stereocenters. The van der Waals surface area contributed by atoms with Gasteiger partial charge in [0.25, 0.3) is 0 Å². The molecule has 0 saturated heterocycles. The molecule has 0 nitrogen and oxygen atoms in total. The predicted molar refractivity (Wildman–Crippen MR) is 108 cm³/mol. The number of hydrogen-bond donors (Lipinski definition) is 0. The minimum Gasteiger partial charge on any atom is -0.0622 e. The van der Waals surface area contributed by atoms with E-state index in [0.717, 1.165) is 12.8 Å². The highest BCUT2D eigenvalue weighted by atomic mass is 14.2. The lowest BCUT2D eigenvalue weighted by Gasteiger charge is -2.17. The molecule has 123 valence electrons. The number of fused-ring (bicyclic) bond motifs is 1. The van der Waals surface area contributed by atoms with Gasteiger partial charge in [0.05, 0.1) is 0 Å². The Bertz CT molecular complexity index is 930. The minimum absolute atomic E-state index is 1.04. The van der Waals surface area contributed by atoms with Crippen LogP contribution in [0.2, 0.25) is 0 Å². The maximum absolute atomic E-state index is 2.38. The Balaban J connectivity index is 1.98. The lowest BCUT2D eigenvalue weighted by molar-refractivity contribution is 1.13. The predicted octanol–water partition coefficient (Wildman–Crippen LogP) is 6.94. The average molecular weight is 323 g/mol. The van der Waals surface area contributed by atoms with Crippen LogP contribution in [-0.2, 0) is 6.42 Å². The van der Waals surface area contributed by atoms with Crippen LogP contribution in [0, 0.1) is 6.42 Å². The highest BCUT2D eigenvalue weighted by Gasteiger charge is 2.20. The summed E-state index contributed by atoms with van der Waals surface area (Å²) in [6.07, 6.45) is 6.84. The first-order valence-corrected chi connectivity index (χ1v) is 9.17. The molecule has 1 radical (unpaired) electrons. The monoisotopic (exact) mass is 323 g/mol. The van der Waals surface area contributed by atoms with Crippen LogP contribution in [0.15, 0.2) is 72.3 Å². The zero-order valence-electron chi connectivity index (χ0n) is 14.9. The molecule has 25 heavy (non-hydrogen) atoms. The van der Waals surface area contributed by atoms with Crippen molar-refractivity contribution in [3.8, 4) is 22.3 Å². The number of aryl methyl sites for hydroxylation is 1. The molecule has 0 N–H and O–H groups in total. The highest BCUT2D eigenvalue weighted by Crippen LogP contribution is 2.42. The fourth-order valence-corrected chi connectivity index (χ4v) is 3.78. The summed E-state index contributed by atoms with van der Waals surface area (Å²) in [5, 5.41) is 0. The van der Waals surface area contributed by atoms with Gasteiger partial charge in [-0.15, -0.1) is 0 Å². The first-order valence-electron chi connectivity index (χ1n) is 9.17. The van der Waals surface area contributed by atoms with E-state index >= 15 is 0 Å². The maximum Gasteiger partial charge on any atom is 0.0164 e. The lowest BCUT2D eigenvalue weighted by Crippen LogP contribution is -1.95. The van der Waals surface area contributed by atoms with Gasteiger partial charge in [-0.1, -0.05) is 92.2 Å². The molecule has 0 aromatic heterocycles. The Morgan fingerprint density at radius 1 is 0.680 bits per heavy atom. The molecule has 3 aromatic carbocycles. The fourth-order valence-electron chi connectivity index (χ4n) is 3.78. The number of benzene rings is 3. The molecule has 0 heteroatoms. The second-order valence-electron chi connectivity index (χ2n) is 6.58. The molecule has 0 unspecified atom stereocenters. The topological polar surface area (TPSA) is 0 Å². The third kappa shape index (κ3) is 2.82. The van der Waals surface area contributed by atoms with E-state index in [2.05, 4.69) is 93.1 Å². The van der Waals surface area contributed by atoms with E-state index in [1.54, 1.807) is 0 Å². The average Bonchev–Trinajstić information content (AvgIpc) is 3.11. The fraction of sp³-hybridized carbons (Fsp3) is 0.160. The van der Waals surface area contributed by atoms with Crippen LogP contribution in [0.3, 0.4) is 0 Å². The summed E-state index contributed by atoms with van der Waals surface area (Å²) in [5.41, 5.74) is 10.9. The summed E-state index contributed by atoms with van der Waals surface area (Å²) < 4.78 is 0. The molecule has 0 bridgehead atoms. The summed E-state index contributed by atoms with van der Waals surface area (Å²) >= 11 is 0.